The molecule has 6 nitrogen and oxygen atoms in total. The average molecular weight is 332 g/mol. The van der Waals surface area contributed by atoms with Gasteiger partial charge < -0.3 is 5.32 Å². The first kappa shape index (κ1) is 16.3. The van der Waals surface area contributed by atoms with Gasteiger partial charge in [0, 0.05) is 18.4 Å². The third-order valence-electron chi connectivity index (χ3n) is 3.43. The highest BCUT2D eigenvalue weighted by molar-refractivity contribution is 7.90. The lowest BCUT2D eigenvalue weighted by atomic mass is 9.91. The van der Waals surface area contributed by atoms with E-state index in [0.717, 1.165) is 24.5 Å². The number of nitrogens with zero attached hydrogens (tertiary/aromatic N) is 1. The third kappa shape index (κ3) is 2.94. The molecule has 3 amide bonds. The lowest BCUT2D eigenvalue weighted by Gasteiger charge is -2.22. The molecule has 1 heterocycles. The minimum Gasteiger partial charge on any atom is -0.319 e. The Morgan fingerprint density at radius 2 is 1.91 bits per heavy atom. The van der Waals surface area contributed by atoms with Gasteiger partial charge >= 0.3 is 6.03 Å². The van der Waals surface area contributed by atoms with Gasteiger partial charge in [0.2, 0.25) is 0 Å². The molecule has 1 aromatic rings. The first-order chi connectivity index (χ1) is 10.0. The van der Waals surface area contributed by atoms with E-state index < -0.39 is 44.7 Å². The molecule has 0 aromatic heterocycles. The van der Waals surface area contributed by atoms with E-state index in [1.807, 2.05) is 0 Å². The molecule has 0 unspecified atom stereocenters. The zero-order valence-corrected chi connectivity index (χ0v) is 12.7. The number of hydrogen-bond acceptors (Lipinski definition) is 4. The summed E-state index contributed by atoms with van der Waals surface area (Å²) in [7, 11) is -3.38. The standard InChI is InChI=1S/C13H14F2N2O4S/c1-13(9-7-8(14)3-4-10(9)15)11(18)17(12(19)16-13)5-6-22(2,20)21/h3-4,7H,5-6H2,1-2H3,(H,16,19)/t13-/m0/s1. The van der Waals surface area contributed by atoms with Crippen molar-refractivity contribution in [2.45, 2.75) is 12.5 Å². The van der Waals surface area contributed by atoms with Gasteiger partial charge in [-0.1, -0.05) is 0 Å². The van der Waals surface area contributed by atoms with Crippen LogP contribution < -0.4 is 5.32 Å². The molecule has 1 N–H and O–H groups in total. The summed E-state index contributed by atoms with van der Waals surface area (Å²) in [4.78, 5) is 24.9. The van der Waals surface area contributed by atoms with Gasteiger partial charge in [0.25, 0.3) is 5.91 Å². The average Bonchev–Trinajstić information content (AvgIpc) is 2.61. The van der Waals surface area contributed by atoms with Crippen LogP contribution in [-0.2, 0) is 20.2 Å². The molecule has 2 rings (SSSR count). The van der Waals surface area contributed by atoms with E-state index in [4.69, 9.17) is 0 Å². The van der Waals surface area contributed by atoms with Crippen LogP contribution in [0.1, 0.15) is 12.5 Å². The van der Waals surface area contributed by atoms with Crippen molar-refractivity contribution in [1.82, 2.24) is 10.2 Å². The Hall–Kier alpha value is -2.03. The maximum Gasteiger partial charge on any atom is 0.325 e. The molecule has 1 atom stereocenters. The predicted molar refractivity (Wildman–Crippen MR) is 73.7 cm³/mol. The van der Waals surface area contributed by atoms with Crippen molar-refractivity contribution in [2.75, 3.05) is 18.6 Å². The summed E-state index contributed by atoms with van der Waals surface area (Å²) in [5.41, 5.74) is -2.09. The summed E-state index contributed by atoms with van der Waals surface area (Å²) >= 11 is 0. The Labute approximate surface area is 126 Å². The minimum atomic E-state index is -3.38. The number of urea groups is 1. The predicted octanol–water partition coefficient (Wildman–Crippen LogP) is 0.776. The van der Waals surface area contributed by atoms with Crippen LogP contribution >= 0.6 is 0 Å². The van der Waals surface area contributed by atoms with Crippen LogP contribution in [0.3, 0.4) is 0 Å². The van der Waals surface area contributed by atoms with E-state index in [1.54, 1.807) is 0 Å². The second-order valence-electron chi connectivity index (χ2n) is 5.27. The summed E-state index contributed by atoms with van der Waals surface area (Å²) in [6.45, 7) is 0.890. The Morgan fingerprint density at radius 1 is 1.27 bits per heavy atom. The van der Waals surface area contributed by atoms with Crippen molar-refractivity contribution in [2.24, 2.45) is 0 Å². The summed E-state index contributed by atoms with van der Waals surface area (Å²) in [5.74, 6) is -2.84. The number of amides is 3. The number of carbonyl (C=O) groups is 2. The van der Waals surface area contributed by atoms with Crippen LogP contribution in [0.4, 0.5) is 13.6 Å². The molecular formula is C13H14F2N2O4S. The first-order valence-electron chi connectivity index (χ1n) is 6.32. The maximum absolute atomic E-state index is 13.9. The molecule has 120 valence electrons. The van der Waals surface area contributed by atoms with Crippen molar-refractivity contribution >= 4 is 21.8 Å². The fourth-order valence-corrected chi connectivity index (χ4v) is 2.73. The molecule has 1 saturated heterocycles. The number of imide groups is 1. The van der Waals surface area contributed by atoms with Crippen molar-refractivity contribution in [1.29, 1.82) is 0 Å². The van der Waals surface area contributed by atoms with Gasteiger partial charge in [0.05, 0.1) is 5.75 Å². The normalized spacial score (nSPS) is 22.1. The lowest BCUT2D eigenvalue weighted by molar-refractivity contribution is -0.131. The van der Waals surface area contributed by atoms with Crippen LogP contribution in [0.2, 0.25) is 0 Å². The quantitative estimate of drug-likeness (QED) is 0.826. The van der Waals surface area contributed by atoms with E-state index in [-0.39, 0.29) is 12.1 Å². The molecule has 0 spiro atoms. The van der Waals surface area contributed by atoms with E-state index in [9.17, 15) is 26.8 Å². The van der Waals surface area contributed by atoms with Crippen molar-refractivity contribution in [3.05, 3.63) is 35.4 Å². The number of halogens is 2. The Balaban J connectivity index is 2.35. The van der Waals surface area contributed by atoms with Gasteiger partial charge in [-0.2, -0.15) is 0 Å². The Kier molecular flexibility index (Phi) is 3.94. The topological polar surface area (TPSA) is 83.6 Å². The highest BCUT2D eigenvalue weighted by Gasteiger charge is 2.50. The summed E-state index contributed by atoms with van der Waals surface area (Å²) in [6, 6.07) is 1.73. The van der Waals surface area contributed by atoms with Crippen LogP contribution in [0, 0.1) is 11.6 Å². The summed E-state index contributed by atoms with van der Waals surface area (Å²) in [5, 5.41) is 2.29. The third-order valence-corrected chi connectivity index (χ3v) is 4.35. The van der Waals surface area contributed by atoms with Gasteiger partial charge in [-0.05, 0) is 25.1 Å². The molecule has 0 radical (unpaired) electrons. The molecule has 9 heteroatoms. The fraction of sp³-hybridized carbons (Fsp3) is 0.385. The number of rotatable bonds is 4. The second-order valence-corrected chi connectivity index (χ2v) is 7.53. The highest BCUT2D eigenvalue weighted by atomic mass is 32.2. The summed E-state index contributed by atoms with van der Waals surface area (Å²) in [6.07, 6.45) is 0.969. The lowest BCUT2D eigenvalue weighted by Crippen LogP contribution is -2.42. The zero-order valence-electron chi connectivity index (χ0n) is 11.9. The van der Waals surface area contributed by atoms with Gasteiger partial charge in [0.1, 0.15) is 27.0 Å². The van der Waals surface area contributed by atoms with Crippen LogP contribution in [-0.4, -0.2) is 43.8 Å². The van der Waals surface area contributed by atoms with Crippen LogP contribution in [0.15, 0.2) is 18.2 Å². The molecule has 1 aliphatic heterocycles. The van der Waals surface area contributed by atoms with E-state index in [2.05, 4.69) is 5.32 Å². The number of carbonyl (C=O) groups excluding carboxylic acids is 2. The number of sulfone groups is 1. The molecule has 0 bridgehead atoms. The molecule has 22 heavy (non-hydrogen) atoms. The SMILES string of the molecule is C[C@@]1(c2cc(F)ccc2F)NC(=O)N(CCS(C)(=O)=O)C1=O. The largest absolute Gasteiger partial charge is 0.325 e. The van der Waals surface area contributed by atoms with Crippen LogP contribution in [0.5, 0.6) is 0 Å². The van der Waals surface area contributed by atoms with E-state index >= 15 is 0 Å². The van der Waals surface area contributed by atoms with Crippen LogP contribution in [0.25, 0.3) is 0 Å². The Bertz CT molecular complexity index is 750. The molecule has 1 aliphatic rings. The van der Waals surface area contributed by atoms with Gasteiger partial charge in [-0.25, -0.2) is 22.0 Å². The number of benzene rings is 1. The second kappa shape index (κ2) is 5.31. The monoisotopic (exact) mass is 332 g/mol. The molecule has 1 fully saturated rings. The van der Waals surface area contributed by atoms with Gasteiger partial charge in [0.15, 0.2) is 0 Å². The van der Waals surface area contributed by atoms with Crippen molar-refractivity contribution < 1.29 is 26.8 Å². The molecular weight excluding hydrogens is 318 g/mol. The molecule has 1 aromatic carbocycles. The number of hydrogen-bond donors (Lipinski definition) is 1. The van der Waals surface area contributed by atoms with Gasteiger partial charge in [-0.3, -0.25) is 9.69 Å². The van der Waals surface area contributed by atoms with Gasteiger partial charge in [-0.15, -0.1) is 0 Å². The van der Waals surface area contributed by atoms with Crippen molar-refractivity contribution in [3.63, 3.8) is 0 Å². The van der Waals surface area contributed by atoms with E-state index in [1.165, 1.54) is 6.92 Å². The molecule has 0 aliphatic carbocycles. The first-order valence-corrected chi connectivity index (χ1v) is 8.38. The smallest absolute Gasteiger partial charge is 0.319 e. The maximum atomic E-state index is 13.9. The fourth-order valence-electron chi connectivity index (χ4n) is 2.22. The summed E-state index contributed by atoms with van der Waals surface area (Å²) < 4.78 is 49.5. The highest BCUT2D eigenvalue weighted by Crippen LogP contribution is 2.31. The number of nitrogens with one attached hydrogen (secondary N) is 1. The molecule has 0 saturated carbocycles. The Morgan fingerprint density at radius 3 is 2.50 bits per heavy atom. The van der Waals surface area contributed by atoms with Crippen molar-refractivity contribution in [3.8, 4) is 0 Å². The zero-order chi connectivity index (χ0) is 16.7. The minimum absolute atomic E-state index is 0.312. The van der Waals surface area contributed by atoms with E-state index in [0.29, 0.717) is 4.90 Å².